The van der Waals surface area contributed by atoms with Gasteiger partial charge in [-0.05, 0) is 17.7 Å². The molecule has 1 N–H and O–H groups in total. The number of methoxy groups -OCH3 is 1. The van der Waals surface area contributed by atoms with Crippen molar-refractivity contribution in [2.45, 2.75) is 9.59 Å². The van der Waals surface area contributed by atoms with Crippen LogP contribution in [0.2, 0.25) is 0 Å². The van der Waals surface area contributed by atoms with Crippen molar-refractivity contribution in [2.75, 3.05) is 12.4 Å². The van der Waals surface area contributed by atoms with E-state index in [1.807, 2.05) is 90.3 Å². The fourth-order valence-electron chi connectivity index (χ4n) is 2.96. The van der Waals surface area contributed by atoms with Crippen LogP contribution in [0.25, 0.3) is 11.3 Å². The quantitative estimate of drug-likeness (QED) is 0.349. The van der Waals surface area contributed by atoms with Gasteiger partial charge in [-0.15, -0.1) is 11.3 Å². The van der Waals surface area contributed by atoms with Gasteiger partial charge in [-0.3, -0.25) is 4.79 Å². The molecule has 0 spiro atoms. The van der Waals surface area contributed by atoms with Crippen LogP contribution in [0.4, 0.5) is 5.69 Å². The van der Waals surface area contributed by atoms with E-state index in [9.17, 15) is 4.79 Å². The summed E-state index contributed by atoms with van der Waals surface area (Å²) in [6.07, 6.45) is 0. The Morgan fingerprint density at radius 3 is 2.47 bits per heavy atom. The highest BCUT2D eigenvalue weighted by Gasteiger charge is 2.24. The SMILES string of the molecule is COc1cccc(NC(=O)[C@H](Sc2nc(-c3ccccc3)cs2)c2ccccc2)c1. The Labute approximate surface area is 184 Å². The zero-order valence-electron chi connectivity index (χ0n) is 16.3. The maximum atomic E-state index is 13.2. The van der Waals surface area contributed by atoms with Crippen molar-refractivity contribution in [2.24, 2.45) is 0 Å². The highest BCUT2D eigenvalue weighted by molar-refractivity contribution is 8.01. The largest absolute Gasteiger partial charge is 0.497 e. The standard InChI is InChI=1S/C24H20N2O2S2/c1-28-20-14-8-13-19(15-20)25-23(27)22(18-11-6-3-7-12-18)30-24-26-21(16-29-24)17-9-4-2-5-10-17/h2-16,22H,1H3,(H,25,27)/t22-/m1/s1. The average molecular weight is 433 g/mol. The number of nitrogens with zero attached hydrogens (tertiary/aromatic N) is 1. The van der Waals surface area contributed by atoms with Gasteiger partial charge in [-0.25, -0.2) is 4.98 Å². The molecule has 0 aliphatic carbocycles. The van der Waals surface area contributed by atoms with Crippen molar-refractivity contribution in [3.8, 4) is 17.0 Å². The summed E-state index contributed by atoms with van der Waals surface area (Å²) in [5, 5.41) is 4.61. The number of carbonyl (C=O) groups is 1. The van der Waals surface area contributed by atoms with Gasteiger partial charge in [0.15, 0.2) is 4.34 Å². The lowest BCUT2D eigenvalue weighted by molar-refractivity contribution is -0.115. The first-order chi connectivity index (χ1) is 14.7. The van der Waals surface area contributed by atoms with E-state index in [1.54, 1.807) is 18.4 Å². The van der Waals surface area contributed by atoms with Crippen LogP contribution >= 0.6 is 23.1 Å². The number of thioether (sulfide) groups is 1. The van der Waals surface area contributed by atoms with E-state index >= 15 is 0 Å². The van der Waals surface area contributed by atoms with Gasteiger partial charge in [0.2, 0.25) is 5.91 Å². The van der Waals surface area contributed by atoms with Crippen LogP contribution in [-0.4, -0.2) is 18.0 Å². The molecule has 0 unspecified atom stereocenters. The van der Waals surface area contributed by atoms with Crippen molar-refractivity contribution in [1.82, 2.24) is 4.98 Å². The highest BCUT2D eigenvalue weighted by atomic mass is 32.2. The number of hydrogen-bond acceptors (Lipinski definition) is 5. The predicted molar refractivity (Wildman–Crippen MR) is 124 cm³/mol. The number of carbonyl (C=O) groups excluding carboxylic acids is 1. The zero-order chi connectivity index (χ0) is 20.8. The summed E-state index contributed by atoms with van der Waals surface area (Å²) in [5.74, 6) is 0.597. The lowest BCUT2D eigenvalue weighted by Crippen LogP contribution is -2.19. The minimum atomic E-state index is -0.424. The molecule has 0 bridgehead atoms. The molecular formula is C24H20N2O2S2. The molecule has 4 aromatic rings. The first-order valence-corrected chi connectivity index (χ1v) is 11.2. The van der Waals surface area contributed by atoms with Gasteiger partial charge in [-0.1, -0.05) is 78.5 Å². The molecule has 150 valence electrons. The lowest BCUT2D eigenvalue weighted by Gasteiger charge is -2.16. The number of thiazole rings is 1. The van der Waals surface area contributed by atoms with E-state index in [4.69, 9.17) is 9.72 Å². The molecular weight excluding hydrogens is 412 g/mol. The molecule has 0 radical (unpaired) electrons. The third-order valence-corrected chi connectivity index (χ3v) is 6.68. The minimum Gasteiger partial charge on any atom is -0.497 e. The molecule has 0 aliphatic heterocycles. The molecule has 1 heterocycles. The number of aromatic nitrogens is 1. The smallest absolute Gasteiger partial charge is 0.242 e. The summed E-state index contributed by atoms with van der Waals surface area (Å²) in [4.78, 5) is 17.9. The fourth-order valence-corrected chi connectivity index (χ4v) is 4.98. The summed E-state index contributed by atoms with van der Waals surface area (Å²) >= 11 is 3.01. The Morgan fingerprint density at radius 2 is 1.73 bits per heavy atom. The number of nitrogens with one attached hydrogen (secondary N) is 1. The first-order valence-electron chi connectivity index (χ1n) is 9.40. The van der Waals surface area contributed by atoms with E-state index in [0.717, 1.165) is 21.2 Å². The molecule has 0 saturated carbocycles. The summed E-state index contributed by atoms with van der Waals surface area (Å²) in [6, 6.07) is 27.2. The van der Waals surface area contributed by atoms with Crippen LogP contribution < -0.4 is 10.1 Å². The average Bonchev–Trinajstić information content (AvgIpc) is 3.27. The van der Waals surface area contributed by atoms with Crippen LogP contribution in [0.1, 0.15) is 10.8 Å². The van der Waals surface area contributed by atoms with Crippen LogP contribution in [0, 0.1) is 0 Å². The molecule has 1 atom stereocenters. The molecule has 4 rings (SSSR count). The van der Waals surface area contributed by atoms with Crippen molar-refractivity contribution in [3.63, 3.8) is 0 Å². The van der Waals surface area contributed by atoms with Crippen LogP contribution in [0.15, 0.2) is 94.6 Å². The zero-order valence-corrected chi connectivity index (χ0v) is 18.0. The van der Waals surface area contributed by atoms with E-state index in [-0.39, 0.29) is 5.91 Å². The Balaban J connectivity index is 1.57. The number of hydrogen-bond donors (Lipinski definition) is 1. The maximum absolute atomic E-state index is 13.2. The molecule has 1 amide bonds. The van der Waals surface area contributed by atoms with Crippen LogP contribution in [0.5, 0.6) is 5.75 Å². The first kappa shape index (κ1) is 20.2. The Hall–Kier alpha value is -3.09. The Morgan fingerprint density at radius 1 is 1.00 bits per heavy atom. The number of rotatable bonds is 7. The van der Waals surface area contributed by atoms with Crippen molar-refractivity contribution >= 4 is 34.7 Å². The fraction of sp³-hybridized carbons (Fsp3) is 0.0833. The summed E-state index contributed by atoms with van der Waals surface area (Å²) in [6.45, 7) is 0. The van der Waals surface area contributed by atoms with Gasteiger partial charge >= 0.3 is 0 Å². The van der Waals surface area contributed by atoms with Gasteiger partial charge in [0.05, 0.1) is 12.8 Å². The number of ether oxygens (including phenoxy) is 1. The lowest BCUT2D eigenvalue weighted by atomic mass is 10.1. The number of benzene rings is 3. The summed E-state index contributed by atoms with van der Waals surface area (Å²) in [5.41, 5.74) is 3.62. The van der Waals surface area contributed by atoms with Crippen LogP contribution in [-0.2, 0) is 4.79 Å². The summed E-state index contributed by atoms with van der Waals surface area (Å²) in [7, 11) is 1.61. The second-order valence-electron chi connectivity index (χ2n) is 6.49. The number of amides is 1. The Kier molecular flexibility index (Phi) is 6.47. The highest BCUT2D eigenvalue weighted by Crippen LogP contribution is 2.39. The van der Waals surface area contributed by atoms with Crippen LogP contribution in [0.3, 0.4) is 0 Å². The Bertz CT molecular complexity index is 1110. The third-order valence-electron chi connectivity index (χ3n) is 4.45. The molecule has 0 saturated heterocycles. The van der Waals surface area contributed by atoms with E-state index in [1.165, 1.54) is 11.8 Å². The molecule has 6 heteroatoms. The van der Waals surface area contributed by atoms with Gasteiger partial charge in [0.1, 0.15) is 11.0 Å². The van der Waals surface area contributed by atoms with E-state index in [0.29, 0.717) is 11.4 Å². The van der Waals surface area contributed by atoms with Crippen molar-refractivity contribution in [3.05, 3.63) is 95.9 Å². The minimum absolute atomic E-state index is 0.101. The molecule has 3 aromatic carbocycles. The van der Waals surface area contributed by atoms with Gasteiger partial charge in [0.25, 0.3) is 0 Å². The summed E-state index contributed by atoms with van der Waals surface area (Å²) < 4.78 is 6.11. The van der Waals surface area contributed by atoms with Gasteiger partial charge in [0, 0.05) is 22.7 Å². The molecule has 0 fully saturated rings. The molecule has 4 nitrogen and oxygen atoms in total. The van der Waals surface area contributed by atoms with E-state index < -0.39 is 5.25 Å². The van der Waals surface area contributed by atoms with Gasteiger partial charge < -0.3 is 10.1 Å². The number of anilines is 1. The molecule has 0 aliphatic rings. The second kappa shape index (κ2) is 9.61. The topological polar surface area (TPSA) is 51.2 Å². The van der Waals surface area contributed by atoms with Crippen molar-refractivity contribution in [1.29, 1.82) is 0 Å². The maximum Gasteiger partial charge on any atom is 0.242 e. The third kappa shape index (κ3) is 4.90. The molecule has 30 heavy (non-hydrogen) atoms. The van der Waals surface area contributed by atoms with Gasteiger partial charge in [-0.2, -0.15) is 0 Å². The van der Waals surface area contributed by atoms with E-state index in [2.05, 4.69) is 5.32 Å². The normalized spacial score (nSPS) is 11.6. The van der Waals surface area contributed by atoms with Crippen molar-refractivity contribution < 1.29 is 9.53 Å². The second-order valence-corrected chi connectivity index (χ2v) is 8.70. The monoisotopic (exact) mass is 432 g/mol. The molecule has 1 aromatic heterocycles. The predicted octanol–water partition coefficient (Wildman–Crippen LogP) is 6.29.